The Morgan fingerprint density at radius 1 is 1.24 bits per heavy atom. The van der Waals surface area contributed by atoms with Crippen LogP contribution in [0.1, 0.15) is 30.7 Å². The van der Waals surface area contributed by atoms with Gasteiger partial charge < -0.3 is 9.15 Å². The van der Waals surface area contributed by atoms with Crippen LogP contribution in [-0.4, -0.2) is 5.97 Å². The van der Waals surface area contributed by atoms with E-state index in [2.05, 4.69) is 0 Å². The second kappa shape index (κ2) is 7.27. The van der Waals surface area contributed by atoms with Crippen molar-refractivity contribution in [3.05, 3.63) is 70.1 Å². The molecule has 1 aromatic carbocycles. The zero-order chi connectivity index (χ0) is 18.0. The number of hydrogen-bond acceptors (Lipinski definition) is 3. The van der Waals surface area contributed by atoms with E-state index in [-0.39, 0.29) is 34.3 Å². The Bertz CT molecular complexity index is 773. The molecule has 0 aliphatic heterocycles. The largest absolute Gasteiger partial charge is 0.469 e. The van der Waals surface area contributed by atoms with Crippen LogP contribution >= 0.6 is 23.2 Å². The second-order valence-electron chi connectivity index (χ2n) is 6.97. The monoisotopic (exact) mass is 378 g/mol. The summed E-state index contributed by atoms with van der Waals surface area (Å²) >= 11 is 11.4. The molecule has 3 rings (SSSR count). The fourth-order valence-corrected chi connectivity index (χ4v) is 3.48. The number of rotatable bonds is 6. The summed E-state index contributed by atoms with van der Waals surface area (Å²) in [5.74, 6) is 0.420. The Kier molecular flexibility index (Phi) is 5.26. The van der Waals surface area contributed by atoms with Gasteiger partial charge in [0.1, 0.15) is 16.9 Å². The minimum Gasteiger partial charge on any atom is -0.469 e. The summed E-state index contributed by atoms with van der Waals surface area (Å²) < 4.78 is 11.2. The van der Waals surface area contributed by atoms with E-state index in [1.165, 1.54) is 5.56 Å². The molecule has 0 bridgehead atoms. The molecule has 132 valence electrons. The van der Waals surface area contributed by atoms with E-state index in [0.29, 0.717) is 6.42 Å². The first-order valence-electron chi connectivity index (χ1n) is 8.17. The van der Waals surface area contributed by atoms with E-state index in [1.54, 1.807) is 12.3 Å². The van der Waals surface area contributed by atoms with E-state index in [4.69, 9.17) is 32.4 Å². The predicted octanol–water partition coefficient (Wildman–Crippen LogP) is 5.50. The molecule has 0 spiro atoms. The zero-order valence-corrected chi connectivity index (χ0v) is 15.7. The van der Waals surface area contributed by atoms with E-state index in [9.17, 15) is 4.79 Å². The number of benzene rings is 1. The molecular formula is C20H20Cl2O3. The van der Waals surface area contributed by atoms with Crippen molar-refractivity contribution >= 4 is 29.2 Å². The van der Waals surface area contributed by atoms with Crippen LogP contribution in [0.3, 0.4) is 0 Å². The average molecular weight is 379 g/mol. The fraction of sp³-hybridized carbons (Fsp3) is 0.350. The van der Waals surface area contributed by atoms with Crippen LogP contribution < -0.4 is 0 Å². The van der Waals surface area contributed by atoms with Gasteiger partial charge in [0.25, 0.3) is 0 Å². The Labute approximate surface area is 157 Å². The molecule has 2 atom stereocenters. The van der Waals surface area contributed by atoms with Crippen molar-refractivity contribution in [1.29, 1.82) is 0 Å². The molecule has 1 heterocycles. The molecule has 1 aliphatic carbocycles. The van der Waals surface area contributed by atoms with Gasteiger partial charge in [-0.15, -0.1) is 0 Å². The third-order valence-electron chi connectivity index (χ3n) is 4.78. The van der Waals surface area contributed by atoms with Gasteiger partial charge in [-0.3, -0.25) is 4.79 Å². The SMILES string of the molecule is CC1(C)C(C=C(Cl)Cl)C1C(=O)OCc1coc(Cc2ccccc2)c1. The summed E-state index contributed by atoms with van der Waals surface area (Å²) in [6.07, 6.45) is 4.06. The summed E-state index contributed by atoms with van der Waals surface area (Å²) in [5, 5.41) is 0. The summed E-state index contributed by atoms with van der Waals surface area (Å²) in [4.78, 5) is 12.3. The number of carbonyl (C=O) groups is 1. The molecule has 1 saturated carbocycles. The lowest BCUT2D eigenvalue weighted by molar-refractivity contribution is -0.147. The van der Waals surface area contributed by atoms with Crippen molar-refractivity contribution in [1.82, 2.24) is 0 Å². The van der Waals surface area contributed by atoms with E-state index < -0.39 is 0 Å². The molecule has 2 unspecified atom stereocenters. The Balaban J connectivity index is 1.54. The lowest BCUT2D eigenvalue weighted by Gasteiger charge is -2.03. The topological polar surface area (TPSA) is 39.4 Å². The van der Waals surface area contributed by atoms with Gasteiger partial charge in [0.05, 0.1) is 12.2 Å². The Hall–Kier alpha value is -1.71. The molecule has 25 heavy (non-hydrogen) atoms. The Morgan fingerprint density at radius 2 is 1.96 bits per heavy atom. The zero-order valence-electron chi connectivity index (χ0n) is 14.2. The van der Waals surface area contributed by atoms with Gasteiger partial charge in [0.15, 0.2) is 0 Å². The van der Waals surface area contributed by atoms with Gasteiger partial charge in [-0.25, -0.2) is 0 Å². The van der Waals surface area contributed by atoms with Crippen LogP contribution in [0.5, 0.6) is 0 Å². The molecule has 0 radical (unpaired) electrons. The number of halogens is 2. The van der Waals surface area contributed by atoms with Crippen molar-refractivity contribution in [3.8, 4) is 0 Å². The number of ether oxygens (including phenoxy) is 1. The number of allylic oxidation sites excluding steroid dienone is 1. The predicted molar refractivity (Wildman–Crippen MR) is 98.3 cm³/mol. The first-order chi connectivity index (χ1) is 11.9. The van der Waals surface area contributed by atoms with Crippen LogP contribution in [0.15, 0.2) is 57.6 Å². The van der Waals surface area contributed by atoms with Gasteiger partial charge in [-0.05, 0) is 29.0 Å². The van der Waals surface area contributed by atoms with Gasteiger partial charge in [0, 0.05) is 12.0 Å². The first-order valence-corrected chi connectivity index (χ1v) is 8.93. The molecule has 1 fully saturated rings. The highest BCUT2D eigenvalue weighted by Gasteiger charge is 2.61. The standard InChI is InChI=1S/C20H20Cl2O3/c1-20(2)16(10-17(21)22)18(20)19(23)25-12-14-9-15(24-11-14)8-13-6-4-3-5-7-13/h3-7,9-11,16,18H,8,12H2,1-2H3. The third kappa shape index (κ3) is 4.28. The third-order valence-corrected chi connectivity index (χ3v) is 5.03. The minimum absolute atomic E-state index is 0.0167. The van der Waals surface area contributed by atoms with Crippen molar-refractivity contribution in [3.63, 3.8) is 0 Å². The van der Waals surface area contributed by atoms with Crippen molar-refractivity contribution in [2.45, 2.75) is 26.9 Å². The average Bonchev–Trinajstić information content (AvgIpc) is 2.90. The van der Waals surface area contributed by atoms with E-state index in [0.717, 1.165) is 11.3 Å². The maximum atomic E-state index is 12.3. The van der Waals surface area contributed by atoms with Crippen LogP contribution in [0.4, 0.5) is 0 Å². The van der Waals surface area contributed by atoms with Gasteiger partial charge in [0.2, 0.25) is 0 Å². The molecular weight excluding hydrogens is 359 g/mol. The van der Waals surface area contributed by atoms with Gasteiger partial charge in [-0.1, -0.05) is 67.4 Å². The molecule has 5 heteroatoms. The summed E-state index contributed by atoms with van der Waals surface area (Å²) in [6.45, 7) is 4.22. The number of hydrogen-bond donors (Lipinski definition) is 0. The van der Waals surface area contributed by atoms with Crippen LogP contribution in [0.2, 0.25) is 0 Å². The minimum atomic E-state index is -0.230. The van der Waals surface area contributed by atoms with Crippen LogP contribution in [0, 0.1) is 17.3 Å². The summed E-state index contributed by atoms with van der Waals surface area (Å²) in [7, 11) is 0. The highest BCUT2D eigenvalue weighted by atomic mass is 35.5. The van der Waals surface area contributed by atoms with E-state index >= 15 is 0 Å². The highest BCUT2D eigenvalue weighted by molar-refractivity contribution is 6.55. The number of furan rings is 1. The fourth-order valence-electron chi connectivity index (χ4n) is 3.21. The molecule has 1 aromatic heterocycles. The first kappa shape index (κ1) is 18.1. The van der Waals surface area contributed by atoms with Crippen LogP contribution in [0.25, 0.3) is 0 Å². The number of esters is 1. The maximum absolute atomic E-state index is 12.3. The smallest absolute Gasteiger partial charge is 0.310 e. The summed E-state index contributed by atoms with van der Waals surface area (Å²) in [6, 6.07) is 12.0. The van der Waals surface area contributed by atoms with Crippen molar-refractivity contribution in [2.24, 2.45) is 17.3 Å². The molecule has 0 amide bonds. The highest BCUT2D eigenvalue weighted by Crippen LogP contribution is 2.60. The van der Waals surface area contributed by atoms with Crippen molar-refractivity contribution in [2.75, 3.05) is 0 Å². The van der Waals surface area contributed by atoms with Crippen LogP contribution in [-0.2, 0) is 22.6 Å². The molecule has 0 saturated heterocycles. The quantitative estimate of drug-likeness (QED) is 0.622. The lowest BCUT2D eigenvalue weighted by Crippen LogP contribution is -2.10. The summed E-state index contributed by atoms with van der Waals surface area (Å²) in [5.41, 5.74) is 1.84. The second-order valence-corrected chi connectivity index (χ2v) is 7.98. The van der Waals surface area contributed by atoms with Gasteiger partial charge in [-0.2, -0.15) is 0 Å². The maximum Gasteiger partial charge on any atom is 0.310 e. The van der Waals surface area contributed by atoms with Crippen molar-refractivity contribution < 1.29 is 13.9 Å². The number of carbonyl (C=O) groups excluding carboxylic acids is 1. The van der Waals surface area contributed by atoms with E-state index in [1.807, 2.05) is 50.2 Å². The van der Waals surface area contributed by atoms with Gasteiger partial charge >= 0.3 is 5.97 Å². The molecule has 0 N–H and O–H groups in total. The molecule has 2 aromatic rings. The molecule has 3 nitrogen and oxygen atoms in total. The molecule has 1 aliphatic rings. The lowest BCUT2D eigenvalue weighted by atomic mass is 10.1. The Morgan fingerprint density at radius 3 is 2.64 bits per heavy atom. The normalized spacial score (nSPS) is 20.8.